The predicted molar refractivity (Wildman–Crippen MR) is 130 cm³/mol. The van der Waals surface area contributed by atoms with Crippen molar-refractivity contribution in [2.75, 3.05) is 38.7 Å². The van der Waals surface area contributed by atoms with Crippen LogP contribution >= 0.6 is 0 Å². The van der Waals surface area contributed by atoms with Gasteiger partial charge in [0.15, 0.2) is 0 Å². The second-order valence-electron chi connectivity index (χ2n) is 8.34. The molecule has 1 atom stereocenters. The Bertz CT molecular complexity index is 1270. The zero-order valence-electron chi connectivity index (χ0n) is 19.1. The van der Waals surface area contributed by atoms with E-state index in [0.717, 1.165) is 23.4 Å². The van der Waals surface area contributed by atoms with Crippen LogP contribution in [0.3, 0.4) is 0 Å². The highest BCUT2D eigenvalue weighted by Gasteiger charge is 2.26. The fourth-order valence-electron chi connectivity index (χ4n) is 4.34. The third kappa shape index (κ3) is 4.72. The molecule has 0 saturated carbocycles. The van der Waals surface area contributed by atoms with Crippen molar-refractivity contribution in [3.63, 3.8) is 0 Å². The molecule has 34 heavy (non-hydrogen) atoms. The van der Waals surface area contributed by atoms with E-state index >= 15 is 0 Å². The first-order valence-corrected chi connectivity index (χ1v) is 11.4. The molecule has 4 aromatic rings. The van der Waals surface area contributed by atoms with Gasteiger partial charge in [0, 0.05) is 43.3 Å². The number of aromatic nitrogens is 3. The van der Waals surface area contributed by atoms with E-state index in [0.29, 0.717) is 37.7 Å². The van der Waals surface area contributed by atoms with E-state index in [2.05, 4.69) is 21.5 Å². The Kier molecular flexibility index (Phi) is 6.40. The largest absolute Gasteiger partial charge is 0.497 e. The number of nitrogens with one attached hydrogen (secondary N) is 1. The normalized spacial score (nSPS) is 16.3. The zero-order valence-corrected chi connectivity index (χ0v) is 19.1. The second-order valence-corrected chi connectivity index (χ2v) is 8.34. The molecular weight excluding hydrogens is 430 g/mol. The number of hydrogen-bond donors (Lipinski definition) is 1. The van der Waals surface area contributed by atoms with E-state index in [1.54, 1.807) is 25.6 Å². The molecule has 0 aliphatic carbocycles. The van der Waals surface area contributed by atoms with Crippen LogP contribution in [0.1, 0.15) is 15.9 Å². The van der Waals surface area contributed by atoms with Gasteiger partial charge in [0.05, 0.1) is 31.4 Å². The first-order valence-electron chi connectivity index (χ1n) is 11.4. The van der Waals surface area contributed by atoms with Crippen molar-refractivity contribution >= 4 is 22.9 Å². The van der Waals surface area contributed by atoms with E-state index in [9.17, 15) is 4.79 Å². The highest BCUT2D eigenvalue weighted by molar-refractivity contribution is 5.99. The Morgan fingerprint density at radius 1 is 1.15 bits per heavy atom. The van der Waals surface area contributed by atoms with E-state index < -0.39 is 0 Å². The predicted octanol–water partition coefficient (Wildman–Crippen LogP) is 3.81. The van der Waals surface area contributed by atoms with Gasteiger partial charge in [-0.05, 0) is 60.5 Å². The first-order chi connectivity index (χ1) is 16.7. The minimum atomic E-state index is -0.0535. The standard InChI is InChI=1S/C26H27N5O3/c1-33-22-8-6-21(7-9-22)29-25-23(5-2-11-27-25)26(32)30-14-15-34-18-19(17-30)16-20-4-3-13-31-24(20)10-12-28-31/h2-13,19H,14-18H2,1H3,(H,27,29)/t19-/m1/s1. The quantitative estimate of drug-likeness (QED) is 0.474. The van der Waals surface area contributed by atoms with E-state index in [1.165, 1.54) is 5.56 Å². The number of benzene rings is 1. The number of amides is 1. The molecule has 8 heteroatoms. The average molecular weight is 458 g/mol. The molecule has 1 fully saturated rings. The Labute approximate surface area is 198 Å². The summed E-state index contributed by atoms with van der Waals surface area (Å²) in [5.74, 6) is 1.43. The van der Waals surface area contributed by atoms with Gasteiger partial charge in [0.1, 0.15) is 11.6 Å². The molecule has 1 saturated heterocycles. The Balaban J connectivity index is 1.34. The lowest BCUT2D eigenvalue weighted by Gasteiger charge is -2.25. The van der Waals surface area contributed by atoms with Crippen molar-refractivity contribution in [1.82, 2.24) is 19.5 Å². The molecule has 1 aliphatic rings. The molecule has 4 heterocycles. The SMILES string of the molecule is COc1ccc(Nc2ncccc2C(=O)N2CCOC[C@H](Cc3cccn4nccc34)C2)cc1. The highest BCUT2D eigenvalue weighted by Crippen LogP contribution is 2.24. The number of nitrogens with zero attached hydrogens (tertiary/aromatic N) is 4. The molecule has 1 aliphatic heterocycles. The minimum absolute atomic E-state index is 0.0535. The third-order valence-corrected chi connectivity index (χ3v) is 6.05. The summed E-state index contributed by atoms with van der Waals surface area (Å²) in [4.78, 5) is 19.9. The summed E-state index contributed by atoms with van der Waals surface area (Å²) in [7, 11) is 1.63. The summed E-state index contributed by atoms with van der Waals surface area (Å²) in [6.07, 6.45) is 6.24. The number of pyridine rings is 2. The first kappa shape index (κ1) is 21.9. The van der Waals surface area contributed by atoms with Crippen LogP contribution < -0.4 is 10.1 Å². The third-order valence-electron chi connectivity index (χ3n) is 6.05. The highest BCUT2D eigenvalue weighted by atomic mass is 16.5. The van der Waals surface area contributed by atoms with Gasteiger partial charge < -0.3 is 19.7 Å². The molecule has 5 rings (SSSR count). The van der Waals surface area contributed by atoms with Crippen LogP contribution in [0.5, 0.6) is 5.75 Å². The Hall–Kier alpha value is -3.91. The summed E-state index contributed by atoms with van der Waals surface area (Å²) >= 11 is 0. The Morgan fingerprint density at radius 3 is 2.88 bits per heavy atom. The van der Waals surface area contributed by atoms with Gasteiger partial charge in [0.25, 0.3) is 5.91 Å². The summed E-state index contributed by atoms with van der Waals surface area (Å²) < 4.78 is 13.0. The molecule has 0 radical (unpaired) electrons. The summed E-state index contributed by atoms with van der Waals surface area (Å²) in [6, 6.07) is 17.3. The van der Waals surface area contributed by atoms with Gasteiger partial charge >= 0.3 is 0 Å². The number of methoxy groups -OCH3 is 1. The lowest BCUT2D eigenvalue weighted by atomic mass is 9.99. The number of carbonyl (C=O) groups excluding carboxylic acids is 1. The van der Waals surface area contributed by atoms with Gasteiger partial charge in [-0.1, -0.05) is 6.07 Å². The molecule has 0 spiro atoms. The van der Waals surface area contributed by atoms with Gasteiger partial charge in [-0.3, -0.25) is 4.79 Å². The lowest BCUT2D eigenvalue weighted by Crippen LogP contribution is -2.36. The molecule has 1 aromatic carbocycles. The Morgan fingerprint density at radius 2 is 2.03 bits per heavy atom. The van der Waals surface area contributed by atoms with Crippen molar-refractivity contribution in [1.29, 1.82) is 0 Å². The number of ether oxygens (including phenoxy) is 2. The average Bonchev–Trinajstić information content (AvgIpc) is 3.24. The van der Waals surface area contributed by atoms with Crippen LogP contribution in [0.25, 0.3) is 5.52 Å². The molecule has 0 unspecified atom stereocenters. The van der Waals surface area contributed by atoms with Crippen LogP contribution in [0.2, 0.25) is 0 Å². The van der Waals surface area contributed by atoms with E-state index in [4.69, 9.17) is 9.47 Å². The molecule has 8 nitrogen and oxygen atoms in total. The molecule has 1 N–H and O–H groups in total. The van der Waals surface area contributed by atoms with Crippen LogP contribution in [0.15, 0.2) is 73.2 Å². The lowest BCUT2D eigenvalue weighted by molar-refractivity contribution is 0.0738. The number of hydrogen-bond acceptors (Lipinski definition) is 6. The van der Waals surface area contributed by atoms with Crippen molar-refractivity contribution in [2.45, 2.75) is 6.42 Å². The fraction of sp³-hybridized carbons (Fsp3) is 0.269. The maximum atomic E-state index is 13.6. The molecule has 174 valence electrons. The van der Waals surface area contributed by atoms with Gasteiger partial charge in [0.2, 0.25) is 0 Å². The number of carbonyl (C=O) groups is 1. The van der Waals surface area contributed by atoms with Crippen molar-refractivity contribution in [2.24, 2.45) is 5.92 Å². The topological polar surface area (TPSA) is 81.0 Å². The van der Waals surface area contributed by atoms with Crippen LogP contribution in [-0.4, -0.2) is 58.8 Å². The monoisotopic (exact) mass is 457 g/mol. The van der Waals surface area contributed by atoms with Crippen LogP contribution in [0, 0.1) is 5.92 Å². The molecular formula is C26H27N5O3. The van der Waals surface area contributed by atoms with Crippen LogP contribution in [-0.2, 0) is 11.2 Å². The fourth-order valence-corrected chi connectivity index (χ4v) is 4.34. The molecule has 1 amide bonds. The van der Waals surface area contributed by atoms with E-state index in [-0.39, 0.29) is 11.8 Å². The van der Waals surface area contributed by atoms with E-state index in [1.807, 2.05) is 58.1 Å². The van der Waals surface area contributed by atoms with Crippen molar-refractivity contribution in [3.8, 4) is 5.75 Å². The van der Waals surface area contributed by atoms with Gasteiger partial charge in [-0.2, -0.15) is 5.10 Å². The maximum Gasteiger partial charge on any atom is 0.257 e. The van der Waals surface area contributed by atoms with Crippen LogP contribution in [0.4, 0.5) is 11.5 Å². The van der Waals surface area contributed by atoms with Gasteiger partial charge in [-0.25, -0.2) is 9.50 Å². The second kappa shape index (κ2) is 9.93. The summed E-state index contributed by atoms with van der Waals surface area (Å²) in [6.45, 7) is 2.29. The maximum absolute atomic E-state index is 13.6. The zero-order chi connectivity index (χ0) is 23.3. The summed E-state index contributed by atoms with van der Waals surface area (Å²) in [5.41, 5.74) is 3.66. The number of rotatable bonds is 6. The summed E-state index contributed by atoms with van der Waals surface area (Å²) in [5, 5.41) is 7.60. The van der Waals surface area contributed by atoms with Gasteiger partial charge in [-0.15, -0.1) is 0 Å². The van der Waals surface area contributed by atoms with Crippen molar-refractivity contribution < 1.29 is 14.3 Å². The molecule has 3 aromatic heterocycles. The smallest absolute Gasteiger partial charge is 0.257 e. The number of anilines is 2. The minimum Gasteiger partial charge on any atom is -0.497 e. The number of fused-ring (bicyclic) bond motifs is 1. The van der Waals surface area contributed by atoms with Crippen molar-refractivity contribution in [3.05, 3.63) is 84.3 Å². The molecule has 0 bridgehead atoms.